The van der Waals surface area contributed by atoms with E-state index in [0.29, 0.717) is 18.4 Å². The molecule has 3 nitrogen and oxygen atoms in total. The molecule has 19 heavy (non-hydrogen) atoms. The van der Waals surface area contributed by atoms with Gasteiger partial charge in [-0.15, -0.1) is 0 Å². The number of nitrogens with two attached hydrogens (primary N) is 1. The molecule has 0 heterocycles. The first-order chi connectivity index (χ1) is 8.97. The lowest BCUT2D eigenvalue weighted by Crippen LogP contribution is -2.29. The number of nitrogens with one attached hydrogen (secondary N) is 1. The van der Waals surface area contributed by atoms with Crippen LogP contribution in [0.2, 0.25) is 0 Å². The Labute approximate surface area is 111 Å². The molecule has 0 bridgehead atoms. The Morgan fingerprint density at radius 3 is 2.68 bits per heavy atom. The van der Waals surface area contributed by atoms with Crippen molar-refractivity contribution in [3.63, 3.8) is 0 Å². The molecule has 2 rings (SSSR count). The number of rotatable bonds is 3. The Bertz CT molecular complexity index is 491. The van der Waals surface area contributed by atoms with Crippen LogP contribution in [0.4, 0.5) is 14.5 Å². The summed E-state index contributed by atoms with van der Waals surface area (Å²) in [5.74, 6) is -1.40. The second-order valence-corrected chi connectivity index (χ2v) is 5.35. The van der Waals surface area contributed by atoms with Crippen molar-refractivity contribution in [1.29, 1.82) is 0 Å². The summed E-state index contributed by atoms with van der Waals surface area (Å²) in [4.78, 5) is 11.9. The number of anilines is 1. The zero-order valence-electron chi connectivity index (χ0n) is 10.9. The fourth-order valence-electron chi connectivity index (χ4n) is 2.60. The zero-order valence-corrected chi connectivity index (χ0v) is 10.9. The van der Waals surface area contributed by atoms with Crippen molar-refractivity contribution in [2.75, 3.05) is 12.3 Å². The fourth-order valence-corrected chi connectivity index (χ4v) is 2.60. The van der Waals surface area contributed by atoms with Crippen molar-refractivity contribution in [1.82, 2.24) is 5.32 Å². The van der Waals surface area contributed by atoms with E-state index in [4.69, 9.17) is 5.73 Å². The Morgan fingerprint density at radius 1 is 1.37 bits per heavy atom. The number of hydrogen-bond donors (Lipinski definition) is 2. The van der Waals surface area contributed by atoms with Gasteiger partial charge in [-0.05, 0) is 30.7 Å². The van der Waals surface area contributed by atoms with Crippen LogP contribution in [0.3, 0.4) is 0 Å². The maximum Gasteiger partial charge on any atom is 0.253 e. The minimum atomic E-state index is -1.06. The summed E-state index contributed by atoms with van der Waals surface area (Å²) in [7, 11) is 0. The van der Waals surface area contributed by atoms with Crippen LogP contribution in [0.5, 0.6) is 0 Å². The SMILES string of the molecule is CC1CCC(CNC(=O)c2cc(F)c(F)cc2N)C1. The highest BCUT2D eigenvalue weighted by Gasteiger charge is 2.22. The lowest BCUT2D eigenvalue weighted by Gasteiger charge is -2.12. The molecular formula is C14H18F2N2O. The standard InChI is InChI=1S/C14H18F2N2O/c1-8-2-3-9(4-8)7-18-14(19)10-5-11(15)12(16)6-13(10)17/h5-6,8-9H,2-4,7,17H2,1H3,(H,18,19). The van der Waals surface area contributed by atoms with Gasteiger partial charge in [0.2, 0.25) is 0 Å². The number of halogens is 2. The monoisotopic (exact) mass is 268 g/mol. The van der Waals surface area contributed by atoms with E-state index in [-0.39, 0.29) is 11.3 Å². The van der Waals surface area contributed by atoms with Gasteiger partial charge in [0.25, 0.3) is 5.91 Å². The van der Waals surface area contributed by atoms with Crippen LogP contribution < -0.4 is 11.1 Å². The van der Waals surface area contributed by atoms with Crippen LogP contribution in [0.1, 0.15) is 36.5 Å². The van der Waals surface area contributed by atoms with E-state index < -0.39 is 17.5 Å². The first-order valence-corrected chi connectivity index (χ1v) is 6.50. The molecule has 1 aliphatic carbocycles. The van der Waals surface area contributed by atoms with E-state index in [1.807, 2.05) is 0 Å². The van der Waals surface area contributed by atoms with Crippen molar-refractivity contribution in [3.05, 3.63) is 29.3 Å². The highest BCUT2D eigenvalue weighted by molar-refractivity contribution is 5.99. The van der Waals surface area contributed by atoms with Gasteiger partial charge in [-0.2, -0.15) is 0 Å². The largest absolute Gasteiger partial charge is 0.398 e. The maximum atomic E-state index is 13.1. The molecule has 1 aliphatic rings. The number of carbonyl (C=O) groups is 1. The molecule has 0 aliphatic heterocycles. The highest BCUT2D eigenvalue weighted by Crippen LogP contribution is 2.29. The second kappa shape index (κ2) is 5.55. The predicted molar refractivity (Wildman–Crippen MR) is 69.6 cm³/mol. The quantitative estimate of drug-likeness (QED) is 0.828. The van der Waals surface area contributed by atoms with Gasteiger partial charge in [0, 0.05) is 18.3 Å². The van der Waals surface area contributed by atoms with Crippen LogP contribution in [0, 0.1) is 23.5 Å². The van der Waals surface area contributed by atoms with Gasteiger partial charge in [0.1, 0.15) is 0 Å². The molecule has 0 saturated heterocycles. The molecule has 1 saturated carbocycles. The fraction of sp³-hybridized carbons (Fsp3) is 0.500. The van der Waals surface area contributed by atoms with Crippen molar-refractivity contribution >= 4 is 11.6 Å². The number of benzene rings is 1. The molecule has 1 amide bonds. The number of hydrogen-bond acceptors (Lipinski definition) is 2. The molecule has 0 radical (unpaired) electrons. The molecule has 0 spiro atoms. The topological polar surface area (TPSA) is 55.1 Å². The van der Waals surface area contributed by atoms with Gasteiger partial charge in [-0.1, -0.05) is 13.3 Å². The van der Waals surface area contributed by atoms with Crippen molar-refractivity contribution in [3.8, 4) is 0 Å². The average Bonchev–Trinajstić information content (AvgIpc) is 2.77. The summed E-state index contributed by atoms with van der Waals surface area (Å²) in [6, 6.07) is 1.68. The summed E-state index contributed by atoms with van der Waals surface area (Å²) in [5, 5.41) is 2.74. The van der Waals surface area contributed by atoms with Gasteiger partial charge in [0.05, 0.1) is 5.56 Å². The average molecular weight is 268 g/mol. The van der Waals surface area contributed by atoms with Gasteiger partial charge < -0.3 is 11.1 Å². The molecule has 5 heteroatoms. The van der Waals surface area contributed by atoms with Gasteiger partial charge in [-0.25, -0.2) is 8.78 Å². The lowest BCUT2D eigenvalue weighted by molar-refractivity contribution is 0.0947. The molecule has 104 valence electrons. The maximum absolute atomic E-state index is 13.1. The van der Waals surface area contributed by atoms with Gasteiger partial charge >= 0.3 is 0 Å². The van der Waals surface area contributed by atoms with Crippen molar-refractivity contribution < 1.29 is 13.6 Å². The molecule has 2 atom stereocenters. The zero-order chi connectivity index (χ0) is 14.0. The first-order valence-electron chi connectivity index (χ1n) is 6.50. The summed E-state index contributed by atoms with van der Waals surface area (Å²) in [5.41, 5.74) is 5.47. The normalized spacial score (nSPS) is 22.5. The summed E-state index contributed by atoms with van der Waals surface area (Å²) in [6.45, 7) is 2.75. The minimum absolute atomic E-state index is 0.00931. The van der Waals surface area contributed by atoms with E-state index in [9.17, 15) is 13.6 Å². The molecule has 1 aromatic rings. The summed E-state index contributed by atoms with van der Waals surface area (Å²) < 4.78 is 26.0. The highest BCUT2D eigenvalue weighted by atomic mass is 19.2. The van der Waals surface area contributed by atoms with E-state index in [0.717, 1.165) is 25.0 Å². The molecule has 1 aromatic carbocycles. The van der Waals surface area contributed by atoms with E-state index >= 15 is 0 Å². The molecule has 1 fully saturated rings. The van der Waals surface area contributed by atoms with Crippen LogP contribution in [0.15, 0.2) is 12.1 Å². The van der Waals surface area contributed by atoms with E-state index in [1.165, 1.54) is 6.42 Å². The van der Waals surface area contributed by atoms with E-state index in [1.54, 1.807) is 0 Å². The summed E-state index contributed by atoms with van der Waals surface area (Å²) >= 11 is 0. The second-order valence-electron chi connectivity index (χ2n) is 5.35. The Hall–Kier alpha value is -1.65. The van der Waals surface area contributed by atoms with Gasteiger partial charge in [0.15, 0.2) is 11.6 Å². The van der Waals surface area contributed by atoms with Gasteiger partial charge in [-0.3, -0.25) is 4.79 Å². The Morgan fingerprint density at radius 2 is 2.05 bits per heavy atom. The van der Waals surface area contributed by atoms with E-state index in [2.05, 4.69) is 12.2 Å². The summed E-state index contributed by atoms with van der Waals surface area (Å²) in [6.07, 6.45) is 3.36. The molecule has 3 N–H and O–H groups in total. The lowest BCUT2D eigenvalue weighted by atomic mass is 10.1. The van der Waals surface area contributed by atoms with Crippen molar-refractivity contribution in [2.24, 2.45) is 11.8 Å². The molecular weight excluding hydrogens is 250 g/mol. The first kappa shape index (κ1) is 13.8. The van der Waals surface area contributed by atoms with Crippen LogP contribution >= 0.6 is 0 Å². The molecule has 0 aromatic heterocycles. The van der Waals surface area contributed by atoms with Crippen molar-refractivity contribution in [2.45, 2.75) is 26.2 Å². The van der Waals surface area contributed by atoms with Crippen LogP contribution in [-0.2, 0) is 0 Å². The predicted octanol–water partition coefficient (Wildman–Crippen LogP) is 2.71. The minimum Gasteiger partial charge on any atom is -0.398 e. The third-order valence-electron chi connectivity index (χ3n) is 3.69. The van der Waals surface area contributed by atoms with Crippen LogP contribution in [-0.4, -0.2) is 12.5 Å². The number of carbonyl (C=O) groups excluding carboxylic acids is 1. The third-order valence-corrected chi connectivity index (χ3v) is 3.69. The third kappa shape index (κ3) is 3.22. The Balaban J connectivity index is 1.98. The molecule has 2 unspecified atom stereocenters. The van der Waals surface area contributed by atoms with Crippen LogP contribution in [0.25, 0.3) is 0 Å². The number of nitrogen functional groups attached to an aromatic ring is 1. The number of amides is 1. The smallest absolute Gasteiger partial charge is 0.253 e. The Kier molecular flexibility index (Phi) is 4.02.